The van der Waals surface area contributed by atoms with Gasteiger partial charge in [0.05, 0.1) is 29.9 Å². The molecule has 0 aliphatic carbocycles. The maximum atomic E-state index is 13.7. The third-order valence-corrected chi connectivity index (χ3v) is 9.47. The maximum Gasteiger partial charge on any atom is 0.309 e. The molecule has 10 heteroatoms. The highest BCUT2D eigenvalue weighted by Crippen LogP contribution is 2.43. The minimum absolute atomic E-state index is 0.166. The summed E-state index contributed by atoms with van der Waals surface area (Å²) in [6, 6.07) is 22.3. The zero-order valence-electron chi connectivity index (χ0n) is 28.5. The predicted octanol–water partition coefficient (Wildman–Crippen LogP) is 8.97. The number of hydrogen-bond donors (Lipinski definition) is 1. The second-order valence-electron chi connectivity index (χ2n) is 13.7. The van der Waals surface area contributed by atoms with Crippen LogP contribution in [0.5, 0.6) is 11.6 Å². The Balaban J connectivity index is 1.38. The Labute approximate surface area is 289 Å². The molecule has 0 bridgehead atoms. The number of methoxy groups -OCH3 is 1. The molecule has 0 aliphatic heterocycles. The van der Waals surface area contributed by atoms with Crippen molar-refractivity contribution in [3.05, 3.63) is 108 Å². The molecule has 1 N–H and O–H groups in total. The fourth-order valence-electron chi connectivity index (χ4n) is 5.60. The van der Waals surface area contributed by atoms with Gasteiger partial charge in [-0.05, 0) is 61.4 Å². The molecule has 4 aromatic heterocycles. The zero-order valence-corrected chi connectivity index (χ0v) is 29.3. The Morgan fingerprint density at radius 2 is 1.67 bits per heavy atom. The Kier molecular flexibility index (Phi) is 9.35. The molecule has 0 atom stereocenters. The number of aliphatic carboxylic acids is 1. The first-order chi connectivity index (χ1) is 23.3. The van der Waals surface area contributed by atoms with Crippen LogP contribution in [0, 0.1) is 11.2 Å². The van der Waals surface area contributed by atoms with Gasteiger partial charge < -0.3 is 19.1 Å². The minimum atomic E-state index is -1.02. The fourth-order valence-corrected chi connectivity index (χ4v) is 6.77. The Morgan fingerprint density at radius 1 is 0.918 bits per heavy atom. The maximum absolute atomic E-state index is 13.7. The van der Waals surface area contributed by atoms with Crippen LogP contribution in [0.3, 0.4) is 0 Å². The summed E-state index contributed by atoms with van der Waals surface area (Å²) in [5.41, 5.74) is 5.11. The van der Waals surface area contributed by atoms with Crippen LogP contribution < -0.4 is 9.47 Å². The van der Waals surface area contributed by atoms with Crippen LogP contribution in [0.2, 0.25) is 0 Å². The normalized spacial score (nSPS) is 12.1. The van der Waals surface area contributed by atoms with E-state index in [9.17, 15) is 14.3 Å². The van der Waals surface area contributed by atoms with E-state index in [1.54, 1.807) is 51.2 Å². The Morgan fingerprint density at radius 3 is 2.35 bits per heavy atom. The molecule has 0 aliphatic rings. The molecule has 0 amide bonds. The van der Waals surface area contributed by atoms with E-state index in [1.807, 2.05) is 30.3 Å². The summed E-state index contributed by atoms with van der Waals surface area (Å²) in [4.78, 5) is 27.3. The van der Waals surface area contributed by atoms with Crippen molar-refractivity contribution in [2.75, 3.05) is 7.11 Å². The standard InChI is InChI=1S/C39H39FN4O4S/c1-38(2,3)49-35-31-18-30(48-23-29-14-11-26-17-28(40)13-15-32(26)43-29)21-42-36(31)44(33(35)19-39(4,5)37(45)46)22-24-7-9-25(10-8-24)27-12-16-34(47-6)41-20-27/h7-18,20-21H,19,22-23H2,1-6H3,(H,45,46). The van der Waals surface area contributed by atoms with Gasteiger partial charge in [0.15, 0.2) is 0 Å². The predicted molar refractivity (Wildman–Crippen MR) is 192 cm³/mol. The first-order valence-electron chi connectivity index (χ1n) is 16.0. The number of benzene rings is 2. The van der Waals surface area contributed by atoms with E-state index in [2.05, 4.69) is 59.6 Å². The number of ether oxygens (including phenoxy) is 2. The highest BCUT2D eigenvalue weighted by molar-refractivity contribution is 8.00. The van der Waals surface area contributed by atoms with Crippen molar-refractivity contribution in [2.24, 2.45) is 5.41 Å². The number of carboxylic acids is 1. The van der Waals surface area contributed by atoms with Crippen molar-refractivity contribution in [1.29, 1.82) is 0 Å². The molecule has 0 saturated carbocycles. The molecule has 6 aromatic rings. The molecule has 0 spiro atoms. The molecular weight excluding hydrogens is 640 g/mol. The lowest BCUT2D eigenvalue weighted by atomic mass is 9.88. The minimum Gasteiger partial charge on any atom is -0.486 e. The van der Waals surface area contributed by atoms with E-state index >= 15 is 0 Å². The van der Waals surface area contributed by atoms with Crippen LogP contribution in [0.15, 0.2) is 90.1 Å². The number of halogens is 1. The SMILES string of the molecule is COc1ccc(-c2ccc(Cn3c(CC(C)(C)C(=O)O)c(SC(C)(C)C)c4cc(OCc5ccc6cc(F)ccc6n5)cnc43)cc2)cn1. The summed E-state index contributed by atoms with van der Waals surface area (Å²) >= 11 is 1.70. The molecule has 0 saturated heterocycles. The van der Waals surface area contributed by atoms with E-state index in [4.69, 9.17) is 14.5 Å². The van der Waals surface area contributed by atoms with Gasteiger partial charge in [-0.1, -0.05) is 51.1 Å². The molecule has 8 nitrogen and oxygen atoms in total. The molecule has 4 heterocycles. The zero-order chi connectivity index (χ0) is 34.9. The highest BCUT2D eigenvalue weighted by atomic mass is 32.2. The van der Waals surface area contributed by atoms with Gasteiger partial charge in [-0.25, -0.2) is 19.3 Å². The van der Waals surface area contributed by atoms with Crippen LogP contribution in [-0.2, 0) is 24.4 Å². The summed E-state index contributed by atoms with van der Waals surface area (Å²) < 4.78 is 27.0. The van der Waals surface area contributed by atoms with Gasteiger partial charge >= 0.3 is 5.97 Å². The van der Waals surface area contributed by atoms with Crippen LogP contribution in [0.4, 0.5) is 4.39 Å². The summed E-state index contributed by atoms with van der Waals surface area (Å²) in [5.74, 6) is -0.0356. The number of aromatic nitrogens is 4. The molecule has 2 aromatic carbocycles. The topological polar surface area (TPSA) is 99.4 Å². The second kappa shape index (κ2) is 13.5. The van der Waals surface area contributed by atoms with E-state index < -0.39 is 11.4 Å². The molecule has 49 heavy (non-hydrogen) atoms. The lowest BCUT2D eigenvalue weighted by Crippen LogP contribution is -2.28. The van der Waals surface area contributed by atoms with Gasteiger partial charge in [0, 0.05) is 56.9 Å². The third-order valence-electron chi connectivity index (χ3n) is 8.20. The second-order valence-corrected chi connectivity index (χ2v) is 15.5. The number of fused-ring (bicyclic) bond motifs is 2. The number of carboxylic acid groups (broad SMARTS) is 1. The Bertz CT molecular complexity index is 2140. The monoisotopic (exact) mass is 678 g/mol. The highest BCUT2D eigenvalue weighted by Gasteiger charge is 2.33. The van der Waals surface area contributed by atoms with Gasteiger partial charge in [-0.2, -0.15) is 0 Å². The number of nitrogens with zero attached hydrogens (tertiary/aromatic N) is 4. The molecule has 0 radical (unpaired) electrons. The first kappa shape index (κ1) is 33.9. The smallest absolute Gasteiger partial charge is 0.309 e. The van der Waals surface area contributed by atoms with Crippen molar-refractivity contribution in [1.82, 2.24) is 19.5 Å². The van der Waals surface area contributed by atoms with Crippen LogP contribution in [0.25, 0.3) is 33.1 Å². The van der Waals surface area contributed by atoms with Crippen molar-refractivity contribution in [2.45, 2.75) is 63.8 Å². The number of rotatable bonds is 11. The fraction of sp³-hybridized carbons (Fsp3) is 0.282. The average Bonchev–Trinajstić information content (AvgIpc) is 3.33. The molecular formula is C39H39FN4O4S. The molecule has 6 rings (SSSR count). The first-order valence-corrected chi connectivity index (χ1v) is 16.8. The summed E-state index contributed by atoms with van der Waals surface area (Å²) in [5, 5.41) is 11.8. The Hall–Kier alpha value is -4.96. The van der Waals surface area contributed by atoms with E-state index in [0.717, 1.165) is 43.7 Å². The lowest BCUT2D eigenvalue weighted by molar-refractivity contribution is -0.146. The third kappa shape index (κ3) is 7.70. The van der Waals surface area contributed by atoms with Crippen LogP contribution in [-0.4, -0.2) is 42.5 Å². The number of pyridine rings is 3. The van der Waals surface area contributed by atoms with E-state index in [0.29, 0.717) is 35.8 Å². The van der Waals surface area contributed by atoms with Crippen LogP contribution >= 0.6 is 11.8 Å². The van der Waals surface area contributed by atoms with Gasteiger partial charge in [-0.15, -0.1) is 11.8 Å². The van der Waals surface area contributed by atoms with Crippen LogP contribution in [0.1, 0.15) is 51.6 Å². The molecule has 252 valence electrons. The van der Waals surface area contributed by atoms with Gasteiger partial charge in [0.2, 0.25) is 5.88 Å². The number of carbonyl (C=O) groups is 1. The largest absolute Gasteiger partial charge is 0.486 e. The summed E-state index contributed by atoms with van der Waals surface area (Å²) in [6.07, 6.45) is 3.80. The summed E-state index contributed by atoms with van der Waals surface area (Å²) in [7, 11) is 1.59. The average molecular weight is 679 g/mol. The van der Waals surface area contributed by atoms with Crippen molar-refractivity contribution >= 4 is 39.7 Å². The number of thioether (sulfide) groups is 1. The molecule has 0 fully saturated rings. The van der Waals surface area contributed by atoms with Crippen molar-refractivity contribution in [3.8, 4) is 22.8 Å². The van der Waals surface area contributed by atoms with Gasteiger partial charge in [-0.3, -0.25) is 4.79 Å². The quantitative estimate of drug-likeness (QED) is 0.136. The number of hydrogen-bond acceptors (Lipinski definition) is 7. The van der Waals surface area contributed by atoms with Gasteiger partial charge in [0.25, 0.3) is 0 Å². The lowest BCUT2D eigenvalue weighted by Gasteiger charge is -2.24. The van der Waals surface area contributed by atoms with Crippen molar-refractivity contribution < 1.29 is 23.8 Å². The molecule has 0 unspecified atom stereocenters. The summed E-state index contributed by atoms with van der Waals surface area (Å²) in [6.45, 7) is 10.7. The van der Waals surface area contributed by atoms with E-state index in [1.165, 1.54) is 12.1 Å². The van der Waals surface area contributed by atoms with Crippen molar-refractivity contribution in [3.63, 3.8) is 0 Å². The van der Waals surface area contributed by atoms with Gasteiger partial charge in [0.1, 0.15) is 23.8 Å². The van der Waals surface area contributed by atoms with E-state index in [-0.39, 0.29) is 17.2 Å².